The van der Waals surface area contributed by atoms with Crippen molar-refractivity contribution in [2.24, 2.45) is 5.92 Å². The average Bonchev–Trinajstić information content (AvgIpc) is 3.12. The number of ether oxygens (including phenoxy) is 3. The van der Waals surface area contributed by atoms with Crippen molar-refractivity contribution in [2.45, 2.75) is 33.6 Å². The molecule has 144 valence electrons. The summed E-state index contributed by atoms with van der Waals surface area (Å²) in [5.41, 5.74) is 1.23. The Bertz CT molecular complexity index is 750. The second-order valence-electron chi connectivity index (χ2n) is 6.31. The summed E-state index contributed by atoms with van der Waals surface area (Å²) < 4.78 is 16.3. The Hall–Kier alpha value is -2.37. The van der Waals surface area contributed by atoms with Crippen LogP contribution in [0.1, 0.15) is 44.1 Å². The molecule has 0 aliphatic heterocycles. The maximum Gasteiger partial charge on any atom is 0.270 e. The van der Waals surface area contributed by atoms with Gasteiger partial charge in [-0.15, -0.1) is 0 Å². The van der Waals surface area contributed by atoms with Gasteiger partial charge >= 0.3 is 0 Å². The Morgan fingerprint density at radius 1 is 1.04 bits per heavy atom. The minimum atomic E-state index is -0.0151. The number of benzene rings is 1. The summed E-state index contributed by atoms with van der Waals surface area (Å²) >= 11 is 0. The molecule has 0 atom stereocenters. The highest BCUT2D eigenvalue weighted by Gasteiger charge is 2.23. The van der Waals surface area contributed by atoms with Crippen LogP contribution in [0, 0.1) is 5.92 Å². The molecule has 2 aromatic rings. The lowest BCUT2D eigenvalue weighted by atomic mass is 10.0. The fraction of sp³-hybridized carbons (Fsp3) is 0.550. The van der Waals surface area contributed by atoms with Gasteiger partial charge in [0.1, 0.15) is 11.4 Å². The molecule has 0 aliphatic rings. The molecule has 26 heavy (non-hydrogen) atoms. The zero-order valence-electron chi connectivity index (χ0n) is 16.6. The third-order valence-corrected chi connectivity index (χ3v) is 4.97. The number of nitrogens with zero attached hydrogens (tertiary/aromatic N) is 1. The predicted molar refractivity (Wildman–Crippen MR) is 104 cm³/mol. The molecule has 0 aliphatic carbocycles. The standard InChI is InChI=1S/C20H30N2O4/c1-7-13(8-2)12-22(9-3)20(23)15-10-14-16(24-4)11-17(25-5)19(26-6)18(14)21-15/h10-11,13,21H,7-9,12H2,1-6H3. The third-order valence-electron chi connectivity index (χ3n) is 4.97. The second kappa shape index (κ2) is 8.83. The van der Waals surface area contributed by atoms with E-state index in [4.69, 9.17) is 14.2 Å². The molecule has 6 nitrogen and oxygen atoms in total. The number of amides is 1. The fourth-order valence-electron chi connectivity index (χ4n) is 3.24. The quantitative estimate of drug-likeness (QED) is 0.730. The number of H-pyrrole nitrogens is 1. The molecule has 0 bridgehead atoms. The highest BCUT2D eigenvalue weighted by Crippen LogP contribution is 2.41. The van der Waals surface area contributed by atoms with Crippen LogP contribution in [-0.2, 0) is 0 Å². The monoisotopic (exact) mass is 362 g/mol. The molecule has 0 spiro atoms. The molecule has 0 saturated heterocycles. The van der Waals surface area contributed by atoms with E-state index in [1.54, 1.807) is 27.4 Å². The Labute approximate surface area is 155 Å². The van der Waals surface area contributed by atoms with Crippen LogP contribution in [0.25, 0.3) is 10.9 Å². The van der Waals surface area contributed by atoms with E-state index in [2.05, 4.69) is 18.8 Å². The minimum absolute atomic E-state index is 0.0151. The summed E-state index contributed by atoms with van der Waals surface area (Å²) in [6, 6.07) is 3.60. The van der Waals surface area contributed by atoms with Gasteiger partial charge in [0, 0.05) is 24.5 Å². The molecular weight excluding hydrogens is 332 g/mol. The first-order valence-corrected chi connectivity index (χ1v) is 9.15. The second-order valence-corrected chi connectivity index (χ2v) is 6.31. The van der Waals surface area contributed by atoms with Crippen LogP contribution in [0.15, 0.2) is 12.1 Å². The van der Waals surface area contributed by atoms with E-state index < -0.39 is 0 Å². The van der Waals surface area contributed by atoms with Gasteiger partial charge < -0.3 is 24.1 Å². The number of hydrogen-bond donors (Lipinski definition) is 1. The summed E-state index contributed by atoms with van der Waals surface area (Å²) in [6.07, 6.45) is 2.12. The molecule has 6 heteroatoms. The van der Waals surface area contributed by atoms with E-state index >= 15 is 0 Å². The van der Waals surface area contributed by atoms with Crippen LogP contribution in [-0.4, -0.2) is 50.2 Å². The van der Waals surface area contributed by atoms with Crippen LogP contribution in [0.4, 0.5) is 0 Å². The molecular formula is C20H30N2O4. The summed E-state index contributed by atoms with van der Waals surface area (Å²) in [5, 5.41) is 0.798. The SMILES string of the molecule is CCC(CC)CN(CC)C(=O)c1cc2c(OC)cc(OC)c(OC)c2[nH]1. The lowest BCUT2D eigenvalue weighted by molar-refractivity contribution is 0.0730. The van der Waals surface area contributed by atoms with E-state index in [-0.39, 0.29) is 5.91 Å². The first-order valence-electron chi connectivity index (χ1n) is 9.15. The number of carbonyl (C=O) groups is 1. The summed E-state index contributed by atoms with van der Waals surface area (Å²) in [6.45, 7) is 7.76. The normalized spacial score (nSPS) is 11.0. The highest BCUT2D eigenvalue weighted by molar-refractivity contribution is 6.02. The molecule has 1 aromatic heterocycles. The van der Waals surface area contributed by atoms with Gasteiger partial charge in [-0.2, -0.15) is 0 Å². The van der Waals surface area contributed by atoms with Crippen LogP contribution < -0.4 is 14.2 Å². The van der Waals surface area contributed by atoms with Crippen molar-refractivity contribution in [3.8, 4) is 17.2 Å². The van der Waals surface area contributed by atoms with Crippen LogP contribution in [0.3, 0.4) is 0 Å². The molecule has 0 radical (unpaired) electrons. The van der Waals surface area contributed by atoms with Crippen molar-refractivity contribution in [1.29, 1.82) is 0 Å². The molecule has 1 aromatic carbocycles. The summed E-state index contributed by atoms with van der Waals surface area (Å²) in [4.78, 5) is 18.1. The number of methoxy groups -OCH3 is 3. The predicted octanol–water partition coefficient (Wildman–Crippen LogP) is 4.09. The number of fused-ring (bicyclic) bond motifs is 1. The number of aromatic amines is 1. The van der Waals surface area contributed by atoms with Gasteiger partial charge in [-0.05, 0) is 18.9 Å². The highest BCUT2D eigenvalue weighted by atomic mass is 16.5. The zero-order chi connectivity index (χ0) is 19.3. The Kier molecular flexibility index (Phi) is 6.77. The van der Waals surface area contributed by atoms with Gasteiger partial charge in [0.15, 0.2) is 11.5 Å². The van der Waals surface area contributed by atoms with Crippen LogP contribution in [0.5, 0.6) is 17.2 Å². The number of hydrogen-bond acceptors (Lipinski definition) is 4. The smallest absolute Gasteiger partial charge is 0.270 e. The minimum Gasteiger partial charge on any atom is -0.496 e. The molecule has 0 saturated carbocycles. The average molecular weight is 362 g/mol. The summed E-state index contributed by atoms with van der Waals surface area (Å²) in [7, 11) is 4.75. The fourth-order valence-corrected chi connectivity index (χ4v) is 3.24. The summed E-state index contributed by atoms with van der Waals surface area (Å²) in [5.74, 6) is 2.24. The largest absolute Gasteiger partial charge is 0.496 e. The van der Waals surface area contributed by atoms with E-state index in [9.17, 15) is 4.79 Å². The van der Waals surface area contributed by atoms with Crippen molar-refractivity contribution >= 4 is 16.8 Å². The molecule has 1 amide bonds. The Balaban J connectivity index is 2.47. The van der Waals surface area contributed by atoms with Gasteiger partial charge in [-0.1, -0.05) is 26.7 Å². The van der Waals surface area contributed by atoms with E-state index in [1.165, 1.54) is 0 Å². The van der Waals surface area contributed by atoms with Gasteiger partial charge in [0.2, 0.25) is 0 Å². The first-order chi connectivity index (χ1) is 12.5. The van der Waals surface area contributed by atoms with Crippen molar-refractivity contribution in [3.63, 3.8) is 0 Å². The maximum absolute atomic E-state index is 13.0. The van der Waals surface area contributed by atoms with Crippen molar-refractivity contribution in [1.82, 2.24) is 9.88 Å². The lowest BCUT2D eigenvalue weighted by Crippen LogP contribution is -2.35. The van der Waals surface area contributed by atoms with Gasteiger partial charge in [0.25, 0.3) is 5.91 Å². The van der Waals surface area contributed by atoms with Gasteiger partial charge in [-0.3, -0.25) is 4.79 Å². The zero-order valence-corrected chi connectivity index (χ0v) is 16.6. The lowest BCUT2D eigenvalue weighted by Gasteiger charge is -2.25. The number of nitrogens with one attached hydrogen (secondary N) is 1. The van der Waals surface area contributed by atoms with E-state index in [0.29, 0.717) is 40.9 Å². The maximum atomic E-state index is 13.0. The van der Waals surface area contributed by atoms with Crippen molar-refractivity contribution < 1.29 is 19.0 Å². The van der Waals surface area contributed by atoms with Crippen molar-refractivity contribution in [3.05, 3.63) is 17.8 Å². The number of rotatable bonds is 9. The molecule has 0 fully saturated rings. The van der Waals surface area contributed by atoms with Gasteiger partial charge in [0.05, 0.1) is 26.8 Å². The van der Waals surface area contributed by atoms with E-state index in [1.807, 2.05) is 17.9 Å². The Morgan fingerprint density at radius 2 is 1.69 bits per heavy atom. The molecule has 1 heterocycles. The molecule has 0 unspecified atom stereocenters. The van der Waals surface area contributed by atoms with Crippen LogP contribution >= 0.6 is 0 Å². The van der Waals surface area contributed by atoms with Crippen LogP contribution in [0.2, 0.25) is 0 Å². The Morgan fingerprint density at radius 3 is 2.19 bits per heavy atom. The molecule has 2 rings (SSSR count). The van der Waals surface area contributed by atoms with Crippen molar-refractivity contribution in [2.75, 3.05) is 34.4 Å². The van der Waals surface area contributed by atoms with Gasteiger partial charge in [-0.25, -0.2) is 0 Å². The third kappa shape index (κ3) is 3.74. The van der Waals surface area contributed by atoms with E-state index in [0.717, 1.165) is 24.8 Å². The topological polar surface area (TPSA) is 63.8 Å². The number of aromatic nitrogens is 1. The first kappa shape index (κ1) is 19.9. The molecule has 1 N–H and O–H groups in total. The number of carbonyl (C=O) groups excluding carboxylic acids is 1.